The zero-order valence-corrected chi connectivity index (χ0v) is 19.7. The van der Waals surface area contributed by atoms with E-state index in [4.69, 9.17) is 0 Å². The number of piperidine rings is 1. The standard InChI is InChI=1S/C27H32N4O2/c1-19-8-9-23(20(2)16-19)28-26(33)30-13-10-27(11-14-30)12-15-31(18-27)25(32)22-17-29(3)24-7-5-4-6-21(22)24/h4-9,16-17H,10-15,18H2,1-3H3,(H,28,33). The van der Waals surface area contributed by atoms with Crippen LogP contribution in [-0.2, 0) is 7.05 Å². The predicted octanol–water partition coefficient (Wildman–Crippen LogP) is 4.96. The lowest BCUT2D eigenvalue weighted by Crippen LogP contribution is -2.46. The Kier molecular flexibility index (Phi) is 5.39. The lowest BCUT2D eigenvalue weighted by atomic mass is 9.78. The second-order valence-corrected chi connectivity index (χ2v) is 9.88. The van der Waals surface area contributed by atoms with Crippen LogP contribution in [0.5, 0.6) is 0 Å². The molecule has 33 heavy (non-hydrogen) atoms. The molecule has 2 saturated heterocycles. The van der Waals surface area contributed by atoms with E-state index in [-0.39, 0.29) is 17.4 Å². The van der Waals surface area contributed by atoms with Crippen molar-refractivity contribution in [3.8, 4) is 0 Å². The SMILES string of the molecule is Cc1ccc(NC(=O)N2CCC3(CC2)CCN(C(=O)c2cn(C)c4ccccc24)C3)c(C)c1. The number of nitrogens with one attached hydrogen (secondary N) is 1. The Morgan fingerprint density at radius 2 is 1.64 bits per heavy atom. The third kappa shape index (κ3) is 3.99. The Hall–Kier alpha value is -3.28. The second kappa shape index (κ2) is 8.25. The molecule has 5 rings (SSSR count). The highest BCUT2D eigenvalue weighted by Crippen LogP contribution is 2.41. The van der Waals surface area contributed by atoms with E-state index in [0.29, 0.717) is 0 Å². The fourth-order valence-electron chi connectivity index (χ4n) is 5.53. The Morgan fingerprint density at radius 1 is 0.939 bits per heavy atom. The minimum absolute atomic E-state index is 0.0292. The molecule has 0 radical (unpaired) electrons. The van der Waals surface area contributed by atoms with Gasteiger partial charge in [-0.05, 0) is 56.2 Å². The van der Waals surface area contributed by atoms with E-state index in [1.807, 2.05) is 64.9 Å². The number of likely N-dealkylation sites (tertiary alicyclic amines) is 2. The summed E-state index contributed by atoms with van der Waals surface area (Å²) in [5, 5.41) is 4.09. The molecule has 3 amide bonds. The Balaban J connectivity index is 1.22. The van der Waals surface area contributed by atoms with Gasteiger partial charge >= 0.3 is 6.03 Å². The fraction of sp³-hybridized carbons (Fsp3) is 0.407. The number of amides is 3. The van der Waals surface area contributed by atoms with Crippen LogP contribution in [0.15, 0.2) is 48.7 Å². The maximum Gasteiger partial charge on any atom is 0.321 e. The molecule has 1 aromatic heterocycles. The first-order valence-electron chi connectivity index (χ1n) is 11.8. The fourth-order valence-corrected chi connectivity index (χ4v) is 5.53. The molecule has 3 heterocycles. The van der Waals surface area contributed by atoms with Crippen LogP contribution < -0.4 is 5.32 Å². The van der Waals surface area contributed by atoms with Crippen LogP contribution >= 0.6 is 0 Å². The minimum Gasteiger partial charge on any atom is -0.350 e. The quantitative estimate of drug-likeness (QED) is 0.608. The summed E-state index contributed by atoms with van der Waals surface area (Å²) in [6.45, 7) is 7.10. The van der Waals surface area contributed by atoms with E-state index < -0.39 is 0 Å². The molecule has 6 nitrogen and oxygen atoms in total. The van der Waals surface area contributed by atoms with Gasteiger partial charge < -0.3 is 19.7 Å². The first-order chi connectivity index (χ1) is 15.8. The van der Waals surface area contributed by atoms with Gasteiger partial charge in [-0.3, -0.25) is 4.79 Å². The molecule has 2 aliphatic heterocycles. The van der Waals surface area contributed by atoms with Crippen molar-refractivity contribution in [2.75, 3.05) is 31.5 Å². The molecular weight excluding hydrogens is 412 g/mol. The molecule has 2 fully saturated rings. The number of carbonyl (C=O) groups is 2. The second-order valence-electron chi connectivity index (χ2n) is 9.88. The van der Waals surface area contributed by atoms with E-state index in [0.717, 1.165) is 73.2 Å². The lowest BCUT2D eigenvalue weighted by molar-refractivity contribution is 0.0741. The third-order valence-electron chi connectivity index (χ3n) is 7.59. The number of aromatic nitrogens is 1. The van der Waals surface area contributed by atoms with Gasteiger partial charge in [-0.2, -0.15) is 0 Å². The van der Waals surface area contributed by atoms with Crippen LogP contribution in [0.4, 0.5) is 10.5 Å². The lowest BCUT2D eigenvalue weighted by Gasteiger charge is -2.39. The van der Waals surface area contributed by atoms with Crippen LogP contribution in [0.25, 0.3) is 10.9 Å². The molecule has 0 atom stereocenters. The van der Waals surface area contributed by atoms with Crippen molar-refractivity contribution in [2.24, 2.45) is 12.5 Å². The summed E-state index contributed by atoms with van der Waals surface area (Å²) in [4.78, 5) is 30.1. The van der Waals surface area contributed by atoms with E-state index in [1.54, 1.807) is 0 Å². The number of benzene rings is 2. The highest BCUT2D eigenvalue weighted by Gasteiger charge is 2.43. The molecule has 3 aromatic rings. The summed E-state index contributed by atoms with van der Waals surface area (Å²) in [6, 6.07) is 14.1. The van der Waals surface area contributed by atoms with Crippen LogP contribution in [0.2, 0.25) is 0 Å². The van der Waals surface area contributed by atoms with Crippen molar-refractivity contribution in [1.29, 1.82) is 0 Å². The molecule has 0 unspecified atom stereocenters. The average molecular weight is 445 g/mol. The molecule has 2 aliphatic rings. The van der Waals surface area contributed by atoms with Crippen molar-refractivity contribution in [1.82, 2.24) is 14.4 Å². The topological polar surface area (TPSA) is 57.6 Å². The number of hydrogen-bond donors (Lipinski definition) is 1. The summed E-state index contributed by atoms with van der Waals surface area (Å²) < 4.78 is 2.03. The average Bonchev–Trinajstić information content (AvgIpc) is 3.37. The maximum atomic E-state index is 13.4. The Morgan fingerprint density at radius 3 is 2.36 bits per heavy atom. The number of nitrogens with zero attached hydrogens (tertiary/aromatic N) is 3. The van der Waals surface area contributed by atoms with Gasteiger partial charge in [0, 0.05) is 56.0 Å². The molecule has 2 aromatic carbocycles. The van der Waals surface area contributed by atoms with Gasteiger partial charge in [-0.1, -0.05) is 35.9 Å². The number of aryl methyl sites for hydroxylation is 3. The summed E-state index contributed by atoms with van der Waals surface area (Å²) in [5.74, 6) is 0.124. The van der Waals surface area contributed by atoms with Gasteiger partial charge in [0.2, 0.25) is 0 Å². The molecular formula is C27H32N4O2. The number of para-hydroxylation sites is 1. The Bertz CT molecular complexity index is 1220. The monoisotopic (exact) mass is 444 g/mol. The van der Waals surface area contributed by atoms with Crippen LogP contribution in [0.3, 0.4) is 0 Å². The molecule has 0 bridgehead atoms. The van der Waals surface area contributed by atoms with E-state index in [9.17, 15) is 9.59 Å². The normalized spacial score (nSPS) is 17.7. The first kappa shape index (κ1) is 21.6. The van der Waals surface area contributed by atoms with Gasteiger partial charge in [0.15, 0.2) is 0 Å². The van der Waals surface area contributed by atoms with Crippen molar-refractivity contribution < 1.29 is 9.59 Å². The van der Waals surface area contributed by atoms with Gasteiger partial charge in [0.1, 0.15) is 0 Å². The number of fused-ring (bicyclic) bond motifs is 1. The van der Waals surface area contributed by atoms with Gasteiger partial charge in [0.25, 0.3) is 5.91 Å². The molecule has 0 aliphatic carbocycles. The molecule has 1 spiro atoms. The number of rotatable bonds is 2. The maximum absolute atomic E-state index is 13.4. The van der Waals surface area contributed by atoms with E-state index in [2.05, 4.69) is 24.4 Å². The minimum atomic E-state index is -0.0292. The largest absolute Gasteiger partial charge is 0.350 e. The smallest absolute Gasteiger partial charge is 0.321 e. The highest BCUT2D eigenvalue weighted by atomic mass is 16.2. The van der Waals surface area contributed by atoms with Crippen LogP contribution in [-0.4, -0.2) is 52.5 Å². The Labute approximate surface area is 195 Å². The first-order valence-corrected chi connectivity index (χ1v) is 11.8. The van der Waals surface area contributed by atoms with Gasteiger partial charge in [0.05, 0.1) is 5.56 Å². The van der Waals surface area contributed by atoms with Crippen molar-refractivity contribution in [3.05, 3.63) is 65.4 Å². The van der Waals surface area contributed by atoms with Gasteiger partial charge in [-0.15, -0.1) is 0 Å². The third-order valence-corrected chi connectivity index (χ3v) is 7.59. The number of hydrogen-bond acceptors (Lipinski definition) is 2. The van der Waals surface area contributed by atoms with E-state index >= 15 is 0 Å². The van der Waals surface area contributed by atoms with Crippen LogP contribution in [0.1, 0.15) is 40.7 Å². The number of anilines is 1. The molecule has 0 saturated carbocycles. The van der Waals surface area contributed by atoms with Crippen molar-refractivity contribution >= 4 is 28.5 Å². The summed E-state index contributed by atoms with van der Waals surface area (Å²) in [7, 11) is 1.99. The summed E-state index contributed by atoms with van der Waals surface area (Å²) >= 11 is 0. The van der Waals surface area contributed by atoms with Crippen LogP contribution in [0, 0.1) is 19.3 Å². The predicted molar refractivity (Wildman–Crippen MR) is 132 cm³/mol. The number of carbonyl (C=O) groups excluding carboxylic acids is 2. The zero-order chi connectivity index (χ0) is 23.2. The van der Waals surface area contributed by atoms with Crippen molar-refractivity contribution in [2.45, 2.75) is 33.1 Å². The molecule has 6 heteroatoms. The summed E-state index contributed by atoms with van der Waals surface area (Å²) in [5.41, 5.74) is 5.13. The zero-order valence-electron chi connectivity index (χ0n) is 19.7. The highest BCUT2D eigenvalue weighted by molar-refractivity contribution is 6.07. The summed E-state index contributed by atoms with van der Waals surface area (Å²) in [6.07, 6.45) is 4.84. The molecule has 1 N–H and O–H groups in total. The number of urea groups is 1. The molecule has 172 valence electrons. The van der Waals surface area contributed by atoms with Crippen molar-refractivity contribution in [3.63, 3.8) is 0 Å². The van der Waals surface area contributed by atoms with E-state index in [1.165, 1.54) is 5.56 Å². The van der Waals surface area contributed by atoms with Gasteiger partial charge in [-0.25, -0.2) is 4.79 Å².